The number of H-pyrrole nitrogens is 1. The summed E-state index contributed by atoms with van der Waals surface area (Å²) in [6.45, 7) is 2.05. The second kappa shape index (κ2) is 9.74. The van der Waals surface area contributed by atoms with Crippen molar-refractivity contribution < 1.29 is 9.47 Å². The van der Waals surface area contributed by atoms with Crippen molar-refractivity contribution in [2.24, 2.45) is 0 Å². The summed E-state index contributed by atoms with van der Waals surface area (Å²) in [5, 5.41) is 9.00. The Bertz CT molecular complexity index is 1310. The minimum atomic E-state index is -0.149. The summed E-state index contributed by atoms with van der Waals surface area (Å²) in [7, 11) is 3.18. The lowest BCUT2D eigenvalue weighted by molar-refractivity contribution is 0.409. The second-order valence-corrected chi connectivity index (χ2v) is 7.79. The largest absolute Gasteiger partial charge is 0.496 e. The molecule has 3 N–H and O–H groups in total. The third kappa shape index (κ3) is 4.55. The van der Waals surface area contributed by atoms with Crippen LogP contribution in [0.15, 0.2) is 59.5 Å². The maximum atomic E-state index is 12.6. The van der Waals surface area contributed by atoms with Gasteiger partial charge in [0.05, 0.1) is 19.7 Å². The van der Waals surface area contributed by atoms with Gasteiger partial charge in [0.25, 0.3) is 5.56 Å². The van der Waals surface area contributed by atoms with Crippen molar-refractivity contribution in [1.29, 1.82) is 0 Å². The molecule has 2 aromatic heterocycles. The normalized spacial score (nSPS) is 10.9. The number of benzene rings is 2. The molecule has 0 bridgehead atoms. The fraction of sp³-hybridized carbons (Fsp3) is 0.250. The highest BCUT2D eigenvalue weighted by Crippen LogP contribution is 2.31. The van der Waals surface area contributed by atoms with Gasteiger partial charge in [0, 0.05) is 42.3 Å². The molecule has 2 heterocycles. The minimum absolute atomic E-state index is 0.149. The van der Waals surface area contributed by atoms with Gasteiger partial charge in [-0.2, -0.15) is 0 Å². The molecule has 7 nitrogen and oxygen atoms in total. The number of aromatic nitrogens is 2. The quantitative estimate of drug-likeness (QED) is 0.358. The highest BCUT2D eigenvalue weighted by atomic mass is 32.1. The van der Waals surface area contributed by atoms with Crippen molar-refractivity contribution in [3.8, 4) is 11.5 Å². The summed E-state index contributed by atoms with van der Waals surface area (Å²) in [4.78, 5) is 15.5. The highest BCUT2D eigenvalue weighted by Gasteiger charge is 2.11. The van der Waals surface area contributed by atoms with Crippen LogP contribution in [0.1, 0.15) is 5.56 Å². The van der Waals surface area contributed by atoms with Crippen molar-refractivity contribution in [1.82, 2.24) is 20.2 Å². The van der Waals surface area contributed by atoms with Crippen LogP contribution in [0.5, 0.6) is 11.5 Å². The summed E-state index contributed by atoms with van der Waals surface area (Å²) in [5.74, 6) is 1.28. The number of fused-ring (bicyclic) bond motifs is 2. The Kier molecular flexibility index (Phi) is 6.61. The van der Waals surface area contributed by atoms with Crippen molar-refractivity contribution in [2.75, 3.05) is 27.3 Å². The van der Waals surface area contributed by atoms with Crippen molar-refractivity contribution in [3.63, 3.8) is 0 Å². The minimum Gasteiger partial charge on any atom is -0.496 e. The van der Waals surface area contributed by atoms with E-state index in [-0.39, 0.29) is 5.56 Å². The highest BCUT2D eigenvalue weighted by molar-refractivity contribution is 7.80. The smallest absolute Gasteiger partial charge is 0.251 e. The van der Waals surface area contributed by atoms with Gasteiger partial charge >= 0.3 is 0 Å². The number of nitrogens with zero attached hydrogens (tertiary/aromatic N) is 1. The fourth-order valence-electron chi connectivity index (χ4n) is 3.82. The SMILES string of the molecule is COc1ccc(OC)c2[nH]c(=O)c(CCNC(=S)NCCn3ccc4ccccc43)cc12. The molecule has 0 saturated carbocycles. The van der Waals surface area contributed by atoms with E-state index in [4.69, 9.17) is 21.7 Å². The van der Waals surface area contributed by atoms with Gasteiger partial charge in [-0.25, -0.2) is 0 Å². The first-order valence-corrected chi connectivity index (χ1v) is 10.8. The maximum Gasteiger partial charge on any atom is 0.251 e. The number of methoxy groups -OCH3 is 2. The number of ether oxygens (including phenoxy) is 2. The van der Waals surface area contributed by atoms with Crippen LogP contribution >= 0.6 is 12.2 Å². The Morgan fingerprint density at radius 3 is 2.59 bits per heavy atom. The number of aromatic amines is 1. The van der Waals surface area contributed by atoms with Gasteiger partial charge in [0.15, 0.2) is 5.11 Å². The zero-order valence-corrected chi connectivity index (χ0v) is 18.9. The van der Waals surface area contributed by atoms with E-state index in [1.165, 1.54) is 10.9 Å². The molecule has 4 aromatic rings. The number of hydrogen-bond acceptors (Lipinski definition) is 4. The fourth-order valence-corrected chi connectivity index (χ4v) is 4.02. The first kappa shape index (κ1) is 21.7. The number of para-hydroxylation sites is 1. The number of thiocarbonyl (C=S) groups is 1. The first-order valence-electron chi connectivity index (χ1n) is 10.4. The molecule has 0 radical (unpaired) electrons. The van der Waals surface area contributed by atoms with E-state index in [0.29, 0.717) is 47.2 Å². The summed E-state index contributed by atoms with van der Waals surface area (Å²) < 4.78 is 13.0. The molecule has 0 unspecified atom stereocenters. The first-order chi connectivity index (χ1) is 15.6. The monoisotopic (exact) mass is 450 g/mol. The molecular weight excluding hydrogens is 424 g/mol. The van der Waals surface area contributed by atoms with Crippen LogP contribution in [-0.4, -0.2) is 42.0 Å². The molecule has 32 heavy (non-hydrogen) atoms. The Labute approximate surface area is 191 Å². The molecule has 0 aliphatic carbocycles. The van der Waals surface area contributed by atoms with E-state index in [1.54, 1.807) is 20.3 Å². The summed E-state index contributed by atoms with van der Waals surface area (Å²) in [5.41, 5.74) is 2.33. The number of nitrogens with one attached hydrogen (secondary N) is 3. The predicted octanol–water partition coefficient (Wildman–Crippen LogP) is 3.21. The summed E-state index contributed by atoms with van der Waals surface area (Å²) in [6.07, 6.45) is 2.60. The van der Waals surface area contributed by atoms with Crippen LogP contribution < -0.4 is 25.7 Å². The van der Waals surface area contributed by atoms with Gasteiger partial charge in [-0.05, 0) is 54.4 Å². The Morgan fingerprint density at radius 2 is 1.78 bits per heavy atom. The molecule has 0 atom stereocenters. The van der Waals surface area contributed by atoms with E-state index in [1.807, 2.05) is 24.3 Å². The second-order valence-electron chi connectivity index (χ2n) is 7.38. The predicted molar refractivity (Wildman–Crippen MR) is 132 cm³/mol. The lowest BCUT2D eigenvalue weighted by Crippen LogP contribution is -2.38. The van der Waals surface area contributed by atoms with Crippen molar-refractivity contribution in [2.45, 2.75) is 13.0 Å². The summed E-state index contributed by atoms with van der Waals surface area (Å²) in [6, 6.07) is 15.9. The average molecular weight is 451 g/mol. The van der Waals surface area contributed by atoms with Crippen LogP contribution in [-0.2, 0) is 13.0 Å². The zero-order chi connectivity index (χ0) is 22.5. The Morgan fingerprint density at radius 1 is 1.03 bits per heavy atom. The molecule has 0 spiro atoms. The molecule has 4 rings (SSSR count). The number of pyridine rings is 1. The third-order valence-electron chi connectivity index (χ3n) is 5.45. The van der Waals surface area contributed by atoms with Gasteiger partial charge in [0.2, 0.25) is 0 Å². The van der Waals surface area contributed by atoms with Crippen LogP contribution in [0.2, 0.25) is 0 Å². The van der Waals surface area contributed by atoms with E-state index in [0.717, 1.165) is 11.9 Å². The van der Waals surface area contributed by atoms with E-state index in [9.17, 15) is 4.79 Å². The van der Waals surface area contributed by atoms with Crippen LogP contribution in [0.3, 0.4) is 0 Å². The van der Waals surface area contributed by atoms with Gasteiger partial charge in [-0.15, -0.1) is 0 Å². The molecule has 2 aromatic carbocycles. The van der Waals surface area contributed by atoms with E-state index >= 15 is 0 Å². The van der Waals surface area contributed by atoms with E-state index < -0.39 is 0 Å². The molecule has 166 valence electrons. The molecule has 0 fully saturated rings. The molecule has 0 amide bonds. The topological polar surface area (TPSA) is 80.3 Å². The van der Waals surface area contributed by atoms with Crippen molar-refractivity contribution >= 4 is 39.1 Å². The van der Waals surface area contributed by atoms with E-state index in [2.05, 4.69) is 44.6 Å². The Balaban J connectivity index is 1.33. The molecule has 0 saturated heterocycles. The van der Waals surface area contributed by atoms with Crippen LogP contribution in [0.25, 0.3) is 21.8 Å². The number of hydrogen-bond donors (Lipinski definition) is 3. The summed E-state index contributed by atoms with van der Waals surface area (Å²) >= 11 is 5.39. The van der Waals surface area contributed by atoms with Gasteiger partial charge in [-0.3, -0.25) is 4.79 Å². The van der Waals surface area contributed by atoms with Gasteiger partial charge < -0.3 is 29.7 Å². The van der Waals surface area contributed by atoms with Gasteiger partial charge in [-0.1, -0.05) is 18.2 Å². The molecule has 8 heteroatoms. The number of rotatable bonds is 8. The van der Waals surface area contributed by atoms with Crippen molar-refractivity contribution in [3.05, 3.63) is 70.6 Å². The van der Waals surface area contributed by atoms with Crippen LogP contribution in [0.4, 0.5) is 0 Å². The maximum absolute atomic E-state index is 12.6. The average Bonchev–Trinajstić information content (AvgIpc) is 3.22. The molecule has 0 aliphatic rings. The van der Waals surface area contributed by atoms with Crippen LogP contribution in [0, 0.1) is 0 Å². The standard InChI is InChI=1S/C24H26N4O3S/c1-30-20-7-8-21(31-2)22-18(20)15-17(23(29)27-22)9-11-25-24(32)26-12-14-28-13-10-16-5-3-4-6-19(16)28/h3-8,10,13,15H,9,11-12,14H2,1-2H3,(H,27,29)(H2,25,26,32). The van der Waals surface area contributed by atoms with Gasteiger partial charge in [0.1, 0.15) is 11.5 Å². The molecule has 0 aliphatic heterocycles. The zero-order valence-electron chi connectivity index (χ0n) is 18.1. The third-order valence-corrected chi connectivity index (χ3v) is 5.74. The molecular formula is C24H26N4O3S. The lowest BCUT2D eigenvalue weighted by Gasteiger charge is -2.13. The Hall–Kier alpha value is -3.52. The lowest BCUT2D eigenvalue weighted by atomic mass is 10.1.